The first-order valence-electron chi connectivity index (χ1n) is 4.02. The third-order valence-electron chi connectivity index (χ3n) is 2.91. The predicted molar refractivity (Wildman–Crippen MR) is 39.6 cm³/mol. The second-order valence-electron chi connectivity index (χ2n) is 3.44. The molecule has 0 atom stereocenters. The van der Waals surface area contributed by atoms with Crippen molar-refractivity contribution in [1.29, 1.82) is 0 Å². The maximum Gasteiger partial charge on any atom is 0.161 e. The van der Waals surface area contributed by atoms with Crippen molar-refractivity contribution in [3.63, 3.8) is 0 Å². The maximum absolute atomic E-state index is 11.3. The van der Waals surface area contributed by atoms with Crippen LogP contribution < -0.4 is 0 Å². The van der Waals surface area contributed by atoms with E-state index >= 15 is 0 Å². The van der Waals surface area contributed by atoms with Crippen molar-refractivity contribution in [2.24, 2.45) is 11.8 Å². The van der Waals surface area contributed by atoms with Gasteiger partial charge >= 0.3 is 0 Å². The fraction of sp³-hybridized carbons (Fsp3) is 0.667. The maximum atomic E-state index is 11.3. The van der Waals surface area contributed by atoms with Gasteiger partial charge in [0, 0.05) is 5.92 Å². The molecule has 0 aromatic rings. The van der Waals surface area contributed by atoms with Gasteiger partial charge in [-0.25, -0.2) is 0 Å². The van der Waals surface area contributed by atoms with Crippen LogP contribution in [0.25, 0.3) is 0 Å². The molecule has 3 saturated carbocycles. The molecule has 0 spiro atoms. The van der Waals surface area contributed by atoms with Crippen LogP contribution in [-0.4, -0.2) is 5.78 Å². The second kappa shape index (κ2) is 1.94. The van der Waals surface area contributed by atoms with E-state index in [1.54, 1.807) is 0 Å². The molecule has 1 heteroatoms. The highest BCUT2D eigenvalue weighted by Crippen LogP contribution is 2.41. The molecule has 54 valence electrons. The van der Waals surface area contributed by atoms with Crippen molar-refractivity contribution in [2.75, 3.05) is 0 Å². The number of allylic oxidation sites excluding steroid dienone is 1. The van der Waals surface area contributed by atoms with E-state index in [2.05, 4.69) is 6.58 Å². The molecule has 0 heterocycles. The van der Waals surface area contributed by atoms with Crippen LogP contribution >= 0.6 is 0 Å². The van der Waals surface area contributed by atoms with Gasteiger partial charge in [0.1, 0.15) is 0 Å². The minimum atomic E-state index is 0.359. The molecule has 3 aliphatic carbocycles. The molecule has 0 radical (unpaired) electrons. The lowest BCUT2D eigenvalue weighted by atomic mass is 9.68. The summed E-state index contributed by atoms with van der Waals surface area (Å²) in [5, 5.41) is 0. The molecule has 10 heavy (non-hydrogen) atoms. The van der Waals surface area contributed by atoms with E-state index in [1.807, 2.05) is 0 Å². The summed E-state index contributed by atoms with van der Waals surface area (Å²) in [4.78, 5) is 11.3. The van der Waals surface area contributed by atoms with Crippen molar-refractivity contribution >= 4 is 5.78 Å². The van der Waals surface area contributed by atoms with Gasteiger partial charge in [-0.05, 0) is 37.2 Å². The van der Waals surface area contributed by atoms with Gasteiger partial charge in [0.2, 0.25) is 0 Å². The Morgan fingerprint density at radius 2 is 1.60 bits per heavy atom. The molecule has 0 amide bonds. The number of rotatable bonds is 0. The van der Waals surface area contributed by atoms with Crippen LogP contribution in [0.4, 0.5) is 0 Å². The Morgan fingerprint density at radius 1 is 1.10 bits per heavy atom. The Balaban J connectivity index is 2.28. The van der Waals surface area contributed by atoms with Gasteiger partial charge < -0.3 is 0 Å². The van der Waals surface area contributed by atoms with Crippen molar-refractivity contribution in [2.45, 2.75) is 25.7 Å². The lowest BCUT2D eigenvalue weighted by molar-refractivity contribution is -0.123. The Labute approximate surface area is 61.1 Å². The lowest BCUT2D eigenvalue weighted by Crippen LogP contribution is -2.33. The summed E-state index contributed by atoms with van der Waals surface area (Å²) < 4.78 is 0. The minimum Gasteiger partial charge on any atom is -0.294 e. The van der Waals surface area contributed by atoms with Crippen LogP contribution in [0.3, 0.4) is 0 Å². The number of hydrogen-bond donors (Lipinski definition) is 0. The average molecular weight is 136 g/mol. The third kappa shape index (κ3) is 0.664. The molecular formula is C9H12O. The number of Topliss-reactive ketones (excluding diaryl/α,β-unsaturated/α-hetero) is 1. The summed E-state index contributed by atoms with van der Waals surface area (Å²) in [6.07, 6.45) is 4.69. The van der Waals surface area contributed by atoms with Gasteiger partial charge in [-0.3, -0.25) is 4.79 Å². The first kappa shape index (κ1) is 6.14. The Kier molecular flexibility index (Phi) is 1.19. The SMILES string of the molecule is C=C1C(=O)C2CCC1CC2. The monoisotopic (exact) mass is 136 g/mol. The third-order valence-corrected chi connectivity index (χ3v) is 2.91. The van der Waals surface area contributed by atoms with Crippen molar-refractivity contribution < 1.29 is 4.79 Å². The first-order chi connectivity index (χ1) is 4.79. The number of carbonyl (C=O) groups is 1. The van der Waals surface area contributed by atoms with E-state index < -0.39 is 0 Å². The number of carbonyl (C=O) groups excluding carboxylic acids is 1. The predicted octanol–water partition coefficient (Wildman–Crippen LogP) is 1.93. The van der Waals surface area contributed by atoms with Crippen LogP contribution in [0.2, 0.25) is 0 Å². The number of hydrogen-bond acceptors (Lipinski definition) is 1. The van der Waals surface area contributed by atoms with E-state index in [-0.39, 0.29) is 0 Å². The molecular weight excluding hydrogens is 124 g/mol. The van der Waals surface area contributed by atoms with Crippen LogP contribution in [0.1, 0.15) is 25.7 Å². The Bertz CT molecular complexity index is 163. The highest BCUT2D eigenvalue weighted by molar-refractivity contribution is 5.98. The Hall–Kier alpha value is -0.590. The fourth-order valence-corrected chi connectivity index (χ4v) is 2.17. The summed E-state index contributed by atoms with van der Waals surface area (Å²) in [6.45, 7) is 3.83. The first-order valence-corrected chi connectivity index (χ1v) is 4.02. The van der Waals surface area contributed by atoms with Crippen LogP contribution in [0.15, 0.2) is 12.2 Å². The number of ketones is 1. The molecule has 1 nitrogen and oxygen atoms in total. The largest absolute Gasteiger partial charge is 0.294 e. The van der Waals surface area contributed by atoms with Crippen molar-refractivity contribution in [1.82, 2.24) is 0 Å². The molecule has 0 saturated heterocycles. The lowest BCUT2D eigenvalue weighted by Gasteiger charge is -2.35. The topological polar surface area (TPSA) is 17.1 Å². The fourth-order valence-electron chi connectivity index (χ4n) is 2.17. The zero-order chi connectivity index (χ0) is 7.14. The quantitative estimate of drug-likeness (QED) is 0.465. The Morgan fingerprint density at radius 3 is 1.90 bits per heavy atom. The van der Waals surface area contributed by atoms with E-state index in [1.165, 1.54) is 12.8 Å². The van der Waals surface area contributed by atoms with Gasteiger partial charge in [-0.1, -0.05) is 6.58 Å². The summed E-state index contributed by atoms with van der Waals surface area (Å²) in [5.41, 5.74) is 0.919. The van der Waals surface area contributed by atoms with Crippen LogP contribution in [0, 0.1) is 11.8 Å². The van der Waals surface area contributed by atoms with E-state index in [0.717, 1.165) is 18.4 Å². The molecule has 0 N–H and O–H groups in total. The normalized spacial score (nSPS) is 38.8. The van der Waals surface area contributed by atoms with Gasteiger partial charge in [0.15, 0.2) is 5.78 Å². The smallest absolute Gasteiger partial charge is 0.161 e. The van der Waals surface area contributed by atoms with Gasteiger partial charge in [0.05, 0.1) is 0 Å². The van der Waals surface area contributed by atoms with E-state index in [4.69, 9.17) is 0 Å². The standard InChI is InChI=1S/C9H12O/c1-6-7-2-4-8(5-3-7)9(6)10/h7-8H,1-5H2. The van der Waals surface area contributed by atoms with Gasteiger partial charge in [0.25, 0.3) is 0 Å². The van der Waals surface area contributed by atoms with Gasteiger partial charge in [-0.2, -0.15) is 0 Å². The zero-order valence-corrected chi connectivity index (χ0v) is 6.10. The van der Waals surface area contributed by atoms with Crippen molar-refractivity contribution in [3.8, 4) is 0 Å². The van der Waals surface area contributed by atoms with Crippen LogP contribution in [0.5, 0.6) is 0 Å². The second-order valence-corrected chi connectivity index (χ2v) is 3.44. The van der Waals surface area contributed by atoms with Gasteiger partial charge in [-0.15, -0.1) is 0 Å². The molecule has 2 bridgehead atoms. The molecule has 0 unspecified atom stereocenters. The zero-order valence-electron chi connectivity index (χ0n) is 6.10. The summed E-state index contributed by atoms with van der Waals surface area (Å²) >= 11 is 0. The molecule has 0 aliphatic heterocycles. The average Bonchev–Trinajstić information content (AvgIpc) is 2.00. The highest BCUT2D eigenvalue weighted by Gasteiger charge is 2.36. The highest BCUT2D eigenvalue weighted by atomic mass is 16.1. The van der Waals surface area contributed by atoms with Crippen LogP contribution in [-0.2, 0) is 4.79 Å². The van der Waals surface area contributed by atoms with Crippen molar-refractivity contribution in [3.05, 3.63) is 12.2 Å². The van der Waals surface area contributed by atoms with E-state index in [0.29, 0.717) is 17.6 Å². The molecule has 0 aromatic carbocycles. The summed E-state index contributed by atoms with van der Waals surface area (Å²) in [5.74, 6) is 1.28. The van der Waals surface area contributed by atoms with E-state index in [9.17, 15) is 4.79 Å². The molecule has 0 aromatic heterocycles. The molecule has 3 fully saturated rings. The summed E-state index contributed by atoms with van der Waals surface area (Å²) in [6, 6.07) is 0. The molecule has 3 aliphatic rings. The summed E-state index contributed by atoms with van der Waals surface area (Å²) in [7, 11) is 0. The molecule has 3 rings (SSSR count). The minimum absolute atomic E-state index is 0.359. The number of fused-ring (bicyclic) bond motifs is 3.